The van der Waals surface area contributed by atoms with Gasteiger partial charge in [0.15, 0.2) is 0 Å². The molecule has 1 amide bonds. The number of carbonyl (C=O) groups is 1. The summed E-state index contributed by atoms with van der Waals surface area (Å²) < 4.78 is 5.40. The van der Waals surface area contributed by atoms with Crippen LogP contribution in [0.15, 0.2) is 18.2 Å². The summed E-state index contributed by atoms with van der Waals surface area (Å²) in [4.78, 5) is 13.8. The molecular formula is C15H22N2O3. The van der Waals surface area contributed by atoms with Gasteiger partial charge >= 0.3 is 6.09 Å². The first-order chi connectivity index (χ1) is 9.30. The molecule has 3 N–H and O–H groups in total. The number of fused-ring (bicyclic) bond motifs is 1. The van der Waals surface area contributed by atoms with E-state index in [2.05, 4.69) is 0 Å². The van der Waals surface area contributed by atoms with E-state index in [-0.39, 0.29) is 12.6 Å². The molecule has 1 unspecified atom stereocenters. The smallest absolute Gasteiger partial charge is 0.410 e. The third-order valence-corrected chi connectivity index (χ3v) is 3.31. The molecule has 0 saturated heterocycles. The Morgan fingerprint density at radius 1 is 1.45 bits per heavy atom. The summed E-state index contributed by atoms with van der Waals surface area (Å²) in [6.07, 6.45) is 0.218. The highest BCUT2D eigenvalue weighted by atomic mass is 16.6. The van der Waals surface area contributed by atoms with Crippen LogP contribution < -0.4 is 5.73 Å². The lowest BCUT2D eigenvalue weighted by atomic mass is 9.94. The van der Waals surface area contributed by atoms with Gasteiger partial charge in [-0.3, -0.25) is 4.90 Å². The molecule has 1 atom stereocenters. The summed E-state index contributed by atoms with van der Waals surface area (Å²) >= 11 is 0. The molecule has 20 heavy (non-hydrogen) atoms. The van der Waals surface area contributed by atoms with Crippen LogP contribution in [0.3, 0.4) is 0 Å². The van der Waals surface area contributed by atoms with Gasteiger partial charge in [0.1, 0.15) is 5.60 Å². The number of anilines is 1. The highest BCUT2D eigenvalue weighted by Gasteiger charge is 2.32. The Hall–Kier alpha value is -1.75. The summed E-state index contributed by atoms with van der Waals surface area (Å²) in [7, 11) is 0. The Bertz CT molecular complexity index is 508. The van der Waals surface area contributed by atoms with Gasteiger partial charge in [0.25, 0.3) is 0 Å². The van der Waals surface area contributed by atoms with Gasteiger partial charge in [0.2, 0.25) is 0 Å². The number of aliphatic hydroxyl groups is 1. The first-order valence-electron chi connectivity index (χ1n) is 6.78. The Morgan fingerprint density at radius 3 is 2.75 bits per heavy atom. The van der Waals surface area contributed by atoms with Crippen LogP contribution in [0.1, 0.15) is 31.9 Å². The number of hydrogen-bond donors (Lipinski definition) is 2. The topological polar surface area (TPSA) is 75.8 Å². The van der Waals surface area contributed by atoms with Crippen molar-refractivity contribution in [1.82, 2.24) is 4.90 Å². The van der Waals surface area contributed by atoms with Crippen molar-refractivity contribution < 1.29 is 14.6 Å². The molecular weight excluding hydrogens is 256 g/mol. The van der Waals surface area contributed by atoms with Gasteiger partial charge in [-0.2, -0.15) is 0 Å². The lowest BCUT2D eigenvalue weighted by Gasteiger charge is -2.37. The van der Waals surface area contributed by atoms with Crippen LogP contribution in [-0.4, -0.2) is 34.3 Å². The fourth-order valence-electron chi connectivity index (χ4n) is 2.37. The van der Waals surface area contributed by atoms with E-state index in [1.807, 2.05) is 39.0 Å². The number of ether oxygens (including phenoxy) is 1. The summed E-state index contributed by atoms with van der Waals surface area (Å²) in [6.45, 7) is 5.82. The number of nitrogen functional groups attached to an aromatic ring is 1. The number of benzene rings is 1. The zero-order valence-electron chi connectivity index (χ0n) is 12.2. The molecule has 110 valence electrons. The van der Waals surface area contributed by atoms with Crippen molar-refractivity contribution in [2.45, 2.75) is 45.4 Å². The highest BCUT2D eigenvalue weighted by Crippen LogP contribution is 2.26. The lowest BCUT2D eigenvalue weighted by molar-refractivity contribution is 0.00462. The van der Waals surface area contributed by atoms with Crippen molar-refractivity contribution in [3.8, 4) is 0 Å². The first kappa shape index (κ1) is 14.7. The Morgan fingerprint density at radius 2 is 2.15 bits per heavy atom. The SMILES string of the molecule is CC(C)(C)OC(=O)N1Cc2cc(N)ccc2CC1CO. The minimum atomic E-state index is -0.549. The van der Waals surface area contributed by atoms with E-state index in [1.165, 1.54) is 0 Å². The Balaban J connectivity index is 2.23. The molecule has 0 spiro atoms. The van der Waals surface area contributed by atoms with Gasteiger partial charge in [0.05, 0.1) is 12.6 Å². The molecule has 0 fully saturated rings. The zero-order chi connectivity index (χ0) is 14.9. The van der Waals surface area contributed by atoms with E-state index in [1.54, 1.807) is 4.90 Å². The molecule has 0 aliphatic carbocycles. The minimum absolute atomic E-state index is 0.0803. The zero-order valence-corrected chi connectivity index (χ0v) is 12.2. The van der Waals surface area contributed by atoms with Gasteiger partial charge in [0, 0.05) is 12.2 Å². The fourth-order valence-corrected chi connectivity index (χ4v) is 2.37. The van der Waals surface area contributed by atoms with Crippen molar-refractivity contribution in [2.75, 3.05) is 12.3 Å². The number of aliphatic hydroxyl groups excluding tert-OH is 1. The molecule has 0 bridgehead atoms. The van der Waals surface area contributed by atoms with Crippen LogP contribution in [0.25, 0.3) is 0 Å². The van der Waals surface area contributed by atoms with Gasteiger partial charge in [-0.15, -0.1) is 0 Å². The quantitative estimate of drug-likeness (QED) is 0.770. The monoisotopic (exact) mass is 278 g/mol. The number of rotatable bonds is 1. The molecule has 1 aromatic carbocycles. The molecule has 5 heteroatoms. The van der Waals surface area contributed by atoms with E-state index >= 15 is 0 Å². The molecule has 0 aromatic heterocycles. The second-order valence-corrected chi connectivity index (χ2v) is 6.18. The van der Waals surface area contributed by atoms with Gasteiger partial charge in [-0.1, -0.05) is 6.07 Å². The number of nitrogens with zero attached hydrogens (tertiary/aromatic N) is 1. The van der Waals surface area contributed by atoms with Crippen LogP contribution in [0, 0.1) is 0 Å². The third kappa shape index (κ3) is 3.22. The molecule has 1 aliphatic heterocycles. The maximum atomic E-state index is 12.2. The average molecular weight is 278 g/mol. The highest BCUT2D eigenvalue weighted by molar-refractivity contribution is 5.69. The van der Waals surface area contributed by atoms with Crippen molar-refractivity contribution in [3.05, 3.63) is 29.3 Å². The molecule has 0 saturated carbocycles. The molecule has 2 rings (SSSR count). The number of nitrogens with two attached hydrogens (primary N) is 1. The summed E-state index contributed by atoms with van der Waals surface area (Å²) in [5, 5.41) is 9.51. The number of carbonyl (C=O) groups excluding carboxylic acids is 1. The van der Waals surface area contributed by atoms with Crippen molar-refractivity contribution in [1.29, 1.82) is 0 Å². The van der Waals surface area contributed by atoms with E-state index in [4.69, 9.17) is 10.5 Å². The minimum Gasteiger partial charge on any atom is -0.444 e. The van der Waals surface area contributed by atoms with E-state index in [0.717, 1.165) is 11.1 Å². The Labute approximate surface area is 119 Å². The summed E-state index contributed by atoms with van der Waals surface area (Å²) in [5.74, 6) is 0. The van der Waals surface area contributed by atoms with Gasteiger partial charge in [-0.05, 0) is 50.5 Å². The number of amides is 1. The normalized spacial score (nSPS) is 18.6. The molecule has 1 heterocycles. The van der Waals surface area contributed by atoms with Crippen LogP contribution in [0.4, 0.5) is 10.5 Å². The van der Waals surface area contributed by atoms with Crippen molar-refractivity contribution in [3.63, 3.8) is 0 Å². The van der Waals surface area contributed by atoms with Crippen LogP contribution in [0.5, 0.6) is 0 Å². The maximum absolute atomic E-state index is 12.2. The molecule has 1 aromatic rings. The second-order valence-electron chi connectivity index (χ2n) is 6.18. The largest absolute Gasteiger partial charge is 0.444 e. The van der Waals surface area contributed by atoms with Gasteiger partial charge in [-0.25, -0.2) is 4.79 Å². The predicted molar refractivity (Wildman–Crippen MR) is 77.2 cm³/mol. The second kappa shape index (κ2) is 5.32. The lowest BCUT2D eigenvalue weighted by Crippen LogP contribution is -2.48. The van der Waals surface area contributed by atoms with Crippen LogP contribution in [0.2, 0.25) is 0 Å². The fraction of sp³-hybridized carbons (Fsp3) is 0.533. The average Bonchev–Trinajstić information content (AvgIpc) is 2.35. The van der Waals surface area contributed by atoms with Crippen LogP contribution >= 0.6 is 0 Å². The van der Waals surface area contributed by atoms with E-state index in [9.17, 15) is 9.90 Å². The third-order valence-electron chi connectivity index (χ3n) is 3.31. The van der Waals surface area contributed by atoms with E-state index < -0.39 is 11.7 Å². The van der Waals surface area contributed by atoms with E-state index in [0.29, 0.717) is 18.7 Å². The van der Waals surface area contributed by atoms with Crippen molar-refractivity contribution >= 4 is 11.8 Å². The molecule has 5 nitrogen and oxygen atoms in total. The summed E-state index contributed by atoms with van der Waals surface area (Å²) in [6, 6.07) is 5.43. The maximum Gasteiger partial charge on any atom is 0.410 e. The molecule has 1 aliphatic rings. The summed E-state index contributed by atoms with van der Waals surface area (Å²) in [5.41, 5.74) is 8.05. The molecule has 0 radical (unpaired) electrons. The standard InChI is InChI=1S/C15H22N2O3/c1-15(2,3)20-14(19)17-8-11-6-12(16)5-4-10(11)7-13(17)9-18/h4-6,13,18H,7-9,16H2,1-3H3. The first-order valence-corrected chi connectivity index (χ1v) is 6.78. The Kier molecular flexibility index (Phi) is 3.90. The van der Waals surface area contributed by atoms with Crippen molar-refractivity contribution in [2.24, 2.45) is 0 Å². The van der Waals surface area contributed by atoms with Crippen LogP contribution in [-0.2, 0) is 17.7 Å². The number of hydrogen-bond acceptors (Lipinski definition) is 4. The van der Waals surface area contributed by atoms with Gasteiger partial charge < -0.3 is 15.6 Å². The predicted octanol–water partition coefficient (Wildman–Crippen LogP) is 1.92.